The second-order valence-corrected chi connectivity index (χ2v) is 5.49. The molecule has 1 atom stereocenters. The van der Waals surface area contributed by atoms with Crippen LogP contribution in [0.5, 0.6) is 5.75 Å². The highest BCUT2D eigenvalue weighted by atomic mass is 16.5. The number of carboxylic acids is 1. The van der Waals surface area contributed by atoms with Crippen molar-refractivity contribution >= 4 is 22.6 Å². The molecule has 3 aromatic rings. The molecule has 0 aliphatic rings. The van der Waals surface area contributed by atoms with Crippen molar-refractivity contribution in [2.45, 2.75) is 13.0 Å². The first-order valence-electron chi connectivity index (χ1n) is 7.62. The summed E-state index contributed by atoms with van der Waals surface area (Å²) < 4.78 is 5.33. The molecule has 0 spiro atoms. The Bertz CT molecular complexity index is 878. The lowest BCUT2D eigenvalue weighted by atomic mass is 10.0. The van der Waals surface area contributed by atoms with Crippen LogP contribution in [0.1, 0.15) is 28.9 Å². The first-order valence-corrected chi connectivity index (χ1v) is 7.62. The van der Waals surface area contributed by atoms with Gasteiger partial charge in [-0.05, 0) is 18.6 Å². The lowest BCUT2D eigenvalue weighted by Gasteiger charge is -2.19. The van der Waals surface area contributed by atoms with Gasteiger partial charge in [0.05, 0.1) is 12.8 Å². The highest BCUT2D eigenvalue weighted by Crippen LogP contribution is 2.33. The summed E-state index contributed by atoms with van der Waals surface area (Å²) in [5, 5.41) is 13.6. The lowest BCUT2D eigenvalue weighted by Crippen LogP contribution is -2.12. The minimum absolute atomic E-state index is 0.0545. The highest BCUT2D eigenvalue weighted by molar-refractivity contribution is 6.05. The van der Waals surface area contributed by atoms with Crippen LogP contribution < -0.4 is 10.1 Å². The Morgan fingerprint density at radius 2 is 1.92 bits per heavy atom. The number of carboxylic acid groups (broad SMARTS) is 1. The molecule has 3 rings (SSSR count). The van der Waals surface area contributed by atoms with Crippen molar-refractivity contribution < 1.29 is 14.6 Å². The quantitative estimate of drug-likeness (QED) is 0.739. The maximum Gasteiger partial charge on any atom is 0.339 e. The number of hydrogen-bond donors (Lipinski definition) is 2. The Morgan fingerprint density at radius 3 is 2.58 bits per heavy atom. The van der Waals surface area contributed by atoms with E-state index in [0.29, 0.717) is 17.0 Å². The van der Waals surface area contributed by atoms with E-state index in [1.165, 1.54) is 6.20 Å². The van der Waals surface area contributed by atoms with Crippen molar-refractivity contribution in [3.8, 4) is 5.75 Å². The van der Waals surface area contributed by atoms with Crippen molar-refractivity contribution in [2.24, 2.45) is 0 Å². The van der Waals surface area contributed by atoms with Gasteiger partial charge in [0, 0.05) is 17.6 Å². The van der Waals surface area contributed by atoms with Crippen molar-refractivity contribution in [3.05, 3.63) is 65.9 Å². The smallest absolute Gasteiger partial charge is 0.339 e. The summed E-state index contributed by atoms with van der Waals surface area (Å²) in [6.07, 6.45) is 1.37. The summed E-state index contributed by atoms with van der Waals surface area (Å²) in [6.45, 7) is 1.99. The Morgan fingerprint density at radius 1 is 1.17 bits per heavy atom. The largest absolute Gasteiger partial charge is 0.494 e. The normalized spacial score (nSPS) is 11.9. The van der Waals surface area contributed by atoms with Crippen LogP contribution in [0.15, 0.2) is 54.7 Å². The van der Waals surface area contributed by atoms with E-state index in [1.54, 1.807) is 13.2 Å². The van der Waals surface area contributed by atoms with Crippen LogP contribution in [0.3, 0.4) is 0 Å². The highest BCUT2D eigenvalue weighted by Gasteiger charge is 2.18. The number of aromatic nitrogens is 1. The van der Waals surface area contributed by atoms with Gasteiger partial charge in [-0.3, -0.25) is 4.98 Å². The molecule has 0 aliphatic carbocycles. The van der Waals surface area contributed by atoms with Gasteiger partial charge in [0.15, 0.2) is 0 Å². The number of ether oxygens (including phenoxy) is 1. The average Bonchev–Trinajstić information content (AvgIpc) is 2.61. The van der Waals surface area contributed by atoms with Gasteiger partial charge in [0.25, 0.3) is 0 Å². The SMILES string of the molecule is COc1cccc2c(N[C@@H](C)c3ccccc3)c(C(=O)O)cnc12. The summed E-state index contributed by atoms with van der Waals surface area (Å²) in [6, 6.07) is 15.3. The molecule has 24 heavy (non-hydrogen) atoms. The van der Waals surface area contributed by atoms with Crippen LogP contribution in [0.2, 0.25) is 0 Å². The molecule has 0 aliphatic heterocycles. The van der Waals surface area contributed by atoms with Gasteiger partial charge in [-0.25, -0.2) is 4.79 Å². The van der Waals surface area contributed by atoms with Crippen molar-refractivity contribution in [1.82, 2.24) is 4.98 Å². The summed E-state index contributed by atoms with van der Waals surface area (Å²) in [4.78, 5) is 15.9. The molecule has 0 fully saturated rings. The molecule has 122 valence electrons. The van der Waals surface area contributed by atoms with Crippen molar-refractivity contribution in [1.29, 1.82) is 0 Å². The third-order valence-electron chi connectivity index (χ3n) is 3.97. The summed E-state index contributed by atoms with van der Waals surface area (Å²) in [5.74, 6) is -0.408. The van der Waals surface area contributed by atoms with E-state index >= 15 is 0 Å². The first kappa shape index (κ1) is 15.8. The molecule has 0 amide bonds. The number of nitrogens with one attached hydrogen (secondary N) is 1. The zero-order valence-corrected chi connectivity index (χ0v) is 13.5. The predicted octanol–water partition coefficient (Wildman–Crippen LogP) is 4.11. The van der Waals surface area contributed by atoms with E-state index in [1.807, 2.05) is 49.4 Å². The lowest BCUT2D eigenvalue weighted by molar-refractivity contribution is 0.0697. The van der Waals surface area contributed by atoms with Crippen LogP contribution in [0.4, 0.5) is 5.69 Å². The third kappa shape index (κ3) is 2.88. The van der Waals surface area contributed by atoms with Gasteiger partial charge < -0.3 is 15.2 Å². The van der Waals surface area contributed by atoms with E-state index in [-0.39, 0.29) is 11.6 Å². The fraction of sp³-hybridized carbons (Fsp3) is 0.158. The van der Waals surface area contributed by atoms with Crippen LogP contribution in [-0.4, -0.2) is 23.2 Å². The molecule has 0 bridgehead atoms. The number of nitrogens with zero attached hydrogens (tertiary/aromatic N) is 1. The zero-order chi connectivity index (χ0) is 17.1. The van der Waals surface area contributed by atoms with Gasteiger partial charge in [-0.15, -0.1) is 0 Å². The Labute approximate surface area is 139 Å². The van der Waals surface area contributed by atoms with E-state index in [0.717, 1.165) is 10.9 Å². The van der Waals surface area contributed by atoms with Gasteiger partial charge in [-0.2, -0.15) is 0 Å². The number of carbonyl (C=O) groups is 1. The maximum atomic E-state index is 11.6. The second-order valence-electron chi connectivity index (χ2n) is 5.49. The standard InChI is InChI=1S/C19H18N2O3/c1-12(13-7-4-3-5-8-13)21-17-14-9-6-10-16(24-2)18(14)20-11-15(17)19(22)23/h3-12H,1-2H3,(H,20,21)(H,22,23)/t12-/m0/s1. The number of benzene rings is 2. The molecule has 5 heteroatoms. The monoisotopic (exact) mass is 322 g/mol. The molecular weight excluding hydrogens is 304 g/mol. The van der Waals surface area contributed by atoms with Gasteiger partial charge in [-0.1, -0.05) is 42.5 Å². The molecule has 0 radical (unpaired) electrons. The molecule has 2 N–H and O–H groups in total. The number of hydrogen-bond acceptors (Lipinski definition) is 4. The van der Waals surface area contributed by atoms with Gasteiger partial charge in [0.1, 0.15) is 16.8 Å². The second kappa shape index (κ2) is 6.58. The fourth-order valence-corrected chi connectivity index (χ4v) is 2.72. The van der Waals surface area contributed by atoms with Gasteiger partial charge in [0.2, 0.25) is 0 Å². The molecule has 0 unspecified atom stereocenters. The van der Waals surface area contributed by atoms with Gasteiger partial charge >= 0.3 is 5.97 Å². The molecule has 0 saturated carbocycles. The van der Waals surface area contributed by atoms with E-state index in [9.17, 15) is 9.90 Å². The number of methoxy groups -OCH3 is 1. The third-order valence-corrected chi connectivity index (χ3v) is 3.97. The minimum atomic E-state index is -1.02. The molecule has 1 aromatic heterocycles. The number of aromatic carboxylic acids is 1. The van der Waals surface area contributed by atoms with Crippen LogP contribution in [-0.2, 0) is 0 Å². The van der Waals surface area contributed by atoms with Crippen molar-refractivity contribution in [3.63, 3.8) is 0 Å². The molecule has 2 aromatic carbocycles. The average molecular weight is 322 g/mol. The molecule has 5 nitrogen and oxygen atoms in total. The topological polar surface area (TPSA) is 71.5 Å². The Hall–Kier alpha value is -3.08. The Kier molecular flexibility index (Phi) is 4.33. The summed E-state index contributed by atoms with van der Waals surface area (Å²) >= 11 is 0. The molecule has 1 heterocycles. The first-order chi connectivity index (χ1) is 11.6. The molecular formula is C19H18N2O3. The number of para-hydroxylation sites is 1. The maximum absolute atomic E-state index is 11.6. The summed E-state index contributed by atoms with van der Waals surface area (Å²) in [5.41, 5.74) is 2.38. The number of fused-ring (bicyclic) bond motifs is 1. The van der Waals surface area contributed by atoms with Crippen LogP contribution in [0.25, 0.3) is 10.9 Å². The summed E-state index contributed by atoms with van der Waals surface area (Å²) in [7, 11) is 1.57. The van der Waals surface area contributed by atoms with E-state index < -0.39 is 5.97 Å². The zero-order valence-electron chi connectivity index (χ0n) is 13.5. The van der Waals surface area contributed by atoms with E-state index in [2.05, 4.69) is 10.3 Å². The number of pyridine rings is 1. The van der Waals surface area contributed by atoms with Crippen LogP contribution in [0, 0.1) is 0 Å². The number of anilines is 1. The fourth-order valence-electron chi connectivity index (χ4n) is 2.72. The molecule has 0 saturated heterocycles. The van der Waals surface area contributed by atoms with Crippen molar-refractivity contribution in [2.75, 3.05) is 12.4 Å². The van der Waals surface area contributed by atoms with E-state index in [4.69, 9.17) is 4.74 Å². The van der Waals surface area contributed by atoms with Crippen LogP contribution >= 0.6 is 0 Å². The Balaban J connectivity index is 2.13. The number of rotatable bonds is 5. The minimum Gasteiger partial charge on any atom is -0.494 e. The predicted molar refractivity (Wildman–Crippen MR) is 93.7 cm³/mol.